The van der Waals surface area contributed by atoms with Gasteiger partial charge in [-0.3, -0.25) is 0 Å². The van der Waals surface area contributed by atoms with Gasteiger partial charge in [-0.1, -0.05) is 0 Å². The molecular formula is C9H12N3O. The maximum Gasteiger partial charge on any atom is 0.241 e. The molecule has 1 aliphatic heterocycles. The average molecular weight is 178 g/mol. The standard InChI is InChI=1S/C9H12N3O/c1-13-9-8(6-10-7-11-9)12-4-2-3-5-12/h6H,2-5H2,1H3. The second-order valence-corrected chi connectivity index (χ2v) is 3.06. The van der Waals surface area contributed by atoms with E-state index in [9.17, 15) is 0 Å². The van der Waals surface area contributed by atoms with Gasteiger partial charge >= 0.3 is 0 Å². The number of ether oxygens (including phenoxy) is 1. The van der Waals surface area contributed by atoms with Crippen LogP contribution in [0.1, 0.15) is 12.8 Å². The van der Waals surface area contributed by atoms with E-state index < -0.39 is 0 Å². The van der Waals surface area contributed by atoms with E-state index >= 15 is 0 Å². The van der Waals surface area contributed by atoms with Gasteiger partial charge in [-0.05, 0) is 12.8 Å². The van der Waals surface area contributed by atoms with Gasteiger partial charge in [0.1, 0.15) is 5.69 Å². The quantitative estimate of drug-likeness (QED) is 0.674. The van der Waals surface area contributed by atoms with Crippen molar-refractivity contribution in [3.8, 4) is 5.88 Å². The molecule has 0 bridgehead atoms. The topological polar surface area (TPSA) is 38.3 Å². The summed E-state index contributed by atoms with van der Waals surface area (Å²) in [6.45, 7) is 2.15. The van der Waals surface area contributed by atoms with Crippen molar-refractivity contribution in [2.75, 3.05) is 25.1 Å². The zero-order chi connectivity index (χ0) is 9.10. The molecule has 0 atom stereocenters. The summed E-state index contributed by atoms with van der Waals surface area (Å²) >= 11 is 0. The first-order valence-corrected chi connectivity index (χ1v) is 4.44. The number of aromatic nitrogens is 2. The van der Waals surface area contributed by atoms with Gasteiger partial charge < -0.3 is 9.64 Å². The van der Waals surface area contributed by atoms with E-state index in [1.165, 1.54) is 12.8 Å². The van der Waals surface area contributed by atoms with E-state index in [-0.39, 0.29) is 0 Å². The van der Waals surface area contributed by atoms with Crippen LogP contribution >= 0.6 is 0 Å². The summed E-state index contributed by atoms with van der Waals surface area (Å²) in [6, 6.07) is 0. The lowest BCUT2D eigenvalue weighted by Crippen LogP contribution is -2.19. The van der Waals surface area contributed by atoms with Crippen molar-refractivity contribution >= 4 is 5.69 Å². The Kier molecular flexibility index (Phi) is 2.29. The summed E-state index contributed by atoms with van der Waals surface area (Å²) in [6.07, 6.45) is 6.76. The number of nitrogens with zero attached hydrogens (tertiary/aromatic N) is 3. The fraction of sp³-hybridized carbons (Fsp3) is 0.556. The second kappa shape index (κ2) is 3.60. The summed E-state index contributed by atoms with van der Waals surface area (Å²) < 4.78 is 5.13. The second-order valence-electron chi connectivity index (χ2n) is 3.06. The predicted octanol–water partition coefficient (Wildman–Crippen LogP) is 0.886. The number of anilines is 1. The Morgan fingerprint density at radius 1 is 1.46 bits per heavy atom. The van der Waals surface area contributed by atoms with E-state index in [0.29, 0.717) is 5.88 Å². The first kappa shape index (κ1) is 8.29. The van der Waals surface area contributed by atoms with E-state index in [0.717, 1.165) is 18.8 Å². The summed E-state index contributed by atoms with van der Waals surface area (Å²) in [7, 11) is 1.62. The third-order valence-corrected chi connectivity index (χ3v) is 2.26. The number of rotatable bonds is 2. The van der Waals surface area contributed by atoms with Gasteiger partial charge in [-0.25, -0.2) is 4.98 Å². The highest BCUT2D eigenvalue weighted by Gasteiger charge is 2.16. The van der Waals surface area contributed by atoms with Crippen LogP contribution in [-0.2, 0) is 0 Å². The minimum Gasteiger partial charge on any atom is -0.479 e. The molecule has 0 spiro atoms. The molecule has 1 fully saturated rings. The molecule has 2 heterocycles. The fourth-order valence-electron chi connectivity index (χ4n) is 1.60. The van der Waals surface area contributed by atoms with Gasteiger partial charge in [0.2, 0.25) is 12.2 Å². The maximum atomic E-state index is 5.13. The van der Waals surface area contributed by atoms with Gasteiger partial charge in [-0.15, -0.1) is 0 Å². The van der Waals surface area contributed by atoms with Crippen LogP contribution in [-0.4, -0.2) is 30.2 Å². The summed E-state index contributed by atoms with van der Waals surface area (Å²) in [5.74, 6) is 0.622. The lowest BCUT2D eigenvalue weighted by Gasteiger charge is -2.18. The lowest BCUT2D eigenvalue weighted by molar-refractivity contribution is 0.396. The van der Waals surface area contributed by atoms with Crippen molar-refractivity contribution in [3.63, 3.8) is 0 Å². The van der Waals surface area contributed by atoms with Gasteiger partial charge in [0.25, 0.3) is 0 Å². The van der Waals surface area contributed by atoms with E-state index in [1.807, 2.05) is 0 Å². The molecule has 0 unspecified atom stereocenters. The van der Waals surface area contributed by atoms with Crippen LogP contribution in [0.3, 0.4) is 0 Å². The van der Waals surface area contributed by atoms with E-state index in [1.54, 1.807) is 13.3 Å². The van der Waals surface area contributed by atoms with Crippen LogP contribution in [0.2, 0.25) is 0 Å². The highest BCUT2D eigenvalue weighted by Crippen LogP contribution is 2.26. The van der Waals surface area contributed by atoms with Crippen LogP contribution in [0, 0.1) is 6.33 Å². The average Bonchev–Trinajstić information content (AvgIpc) is 2.70. The van der Waals surface area contributed by atoms with Crippen molar-refractivity contribution in [2.45, 2.75) is 12.8 Å². The van der Waals surface area contributed by atoms with Crippen molar-refractivity contribution < 1.29 is 4.74 Å². The highest BCUT2D eigenvalue weighted by atomic mass is 16.5. The molecular weight excluding hydrogens is 166 g/mol. The van der Waals surface area contributed by atoms with Crippen molar-refractivity contribution in [3.05, 3.63) is 12.5 Å². The molecule has 0 amide bonds. The third kappa shape index (κ3) is 1.56. The lowest BCUT2D eigenvalue weighted by atomic mass is 10.4. The Bertz CT molecular complexity index is 284. The molecule has 2 rings (SSSR count). The maximum absolute atomic E-state index is 5.13. The van der Waals surface area contributed by atoms with Gasteiger partial charge in [0.05, 0.1) is 13.3 Å². The Labute approximate surface area is 77.6 Å². The molecule has 0 aromatic carbocycles. The van der Waals surface area contributed by atoms with Crippen molar-refractivity contribution in [1.82, 2.24) is 9.97 Å². The molecule has 69 valence electrons. The normalized spacial score (nSPS) is 16.2. The highest BCUT2D eigenvalue weighted by molar-refractivity contribution is 5.53. The third-order valence-electron chi connectivity index (χ3n) is 2.26. The molecule has 1 aromatic rings. The molecule has 4 nitrogen and oxygen atoms in total. The number of hydrogen-bond acceptors (Lipinski definition) is 4. The smallest absolute Gasteiger partial charge is 0.241 e. The molecule has 1 aliphatic rings. The monoisotopic (exact) mass is 178 g/mol. The SMILES string of the molecule is COc1n[c]ncc1N1CCCC1. The van der Waals surface area contributed by atoms with Crippen LogP contribution < -0.4 is 9.64 Å². The van der Waals surface area contributed by atoms with Gasteiger partial charge in [-0.2, -0.15) is 4.98 Å². The van der Waals surface area contributed by atoms with Crippen LogP contribution in [0.4, 0.5) is 5.69 Å². The molecule has 1 radical (unpaired) electrons. The first-order valence-electron chi connectivity index (χ1n) is 4.44. The number of hydrogen-bond donors (Lipinski definition) is 0. The van der Waals surface area contributed by atoms with Crippen molar-refractivity contribution in [1.29, 1.82) is 0 Å². The molecule has 0 aliphatic carbocycles. The Hall–Kier alpha value is -1.32. The Morgan fingerprint density at radius 3 is 2.92 bits per heavy atom. The van der Waals surface area contributed by atoms with Gasteiger partial charge in [0.15, 0.2) is 0 Å². The zero-order valence-electron chi connectivity index (χ0n) is 7.66. The molecule has 1 aromatic heterocycles. The minimum absolute atomic E-state index is 0.622. The molecule has 4 heteroatoms. The van der Waals surface area contributed by atoms with Gasteiger partial charge in [0, 0.05) is 13.1 Å². The van der Waals surface area contributed by atoms with E-state index in [4.69, 9.17) is 4.74 Å². The molecule has 0 saturated carbocycles. The fourth-order valence-corrected chi connectivity index (χ4v) is 1.60. The minimum atomic E-state index is 0.622. The number of methoxy groups -OCH3 is 1. The van der Waals surface area contributed by atoms with Crippen LogP contribution in [0.5, 0.6) is 5.88 Å². The molecule has 1 saturated heterocycles. The Morgan fingerprint density at radius 2 is 2.23 bits per heavy atom. The summed E-state index contributed by atoms with van der Waals surface area (Å²) in [5, 5.41) is 0. The van der Waals surface area contributed by atoms with Crippen LogP contribution in [0.15, 0.2) is 6.20 Å². The predicted molar refractivity (Wildman–Crippen MR) is 48.9 cm³/mol. The first-order chi connectivity index (χ1) is 6.42. The van der Waals surface area contributed by atoms with Crippen molar-refractivity contribution in [2.24, 2.45) is 0 Å². The molecule has 0 N–H and O–H groups in total. The largest absolute Gasteiger partial charge is 0.479 e. The zero-order valence-corrected chi connectivity index (χ0v) is 7.66. The Balaban J connectivity index is 2.26. The van der Waals surface area contributed by atoms with Crippen LogP contribution in [0.25, 0.3) is 0 Å². The molecule has 13 heavy (non-hydrogen) atoms. The summed E-state index contributed by atoms with van der Waals surface area (Å²) in [5.41, 5.74) is 0.985. The van der Waals surface area contributed by atoms with E-state index in [2.05, 4.69) is 21.2 Å². The summed E-state index contributed by atoms with van der Waals surface area (Å²) in [4.78, 5) is 10.1.